The van der Waals surface area contributed by atoms with Gasteiger partial charge < -0.3 is 14.0 Å². The highest BCUT2D eigenvalue weighted by Crippen LogP contribution is 2.29. The van der Waals surface area contributed by atoms with Crippen molar-refractivity contribution in [3.8, 4) is 11.5 Å². The van der Waals surface area contributed by atoms with Gasteiger partial charge in [0, 0.05) is 0 Å². The topological polar surface area (TPSA) is 93.1 Å². The first kappa shape index (κ1) is 13.5. The Balaban J connectivity index is 3.05. The molecule has 0 radical (unpaired) electrons. The van der Waals surface area contributed by atoms with Crippen LogP contribution >= 0.6 is 0 Å². The van der Waals surface area contributed by atoms with E-state index >= 15 is 0 Å². The molecule has 0 bridgehead atoms. The summed E-state index contributed by atoms with van der Waals surface area (Å²) in [5.74, 6) is 0.0406. The minimum absolute atomic E-state index is 0.106. The number of hydrogen-bond acceptors (Lipinski definition) is 5. The van der Waals surface area contributed by atoms with Gasteiger partial charge in [0.25, 0.3) is 0 Å². The predicted molar refractivity (Wildman–Crippen MR) is 61.3 cm³/mol. The predicted octanol–water partition coefficient (Wildman–Crippen LogP) is 0.882. The summed E-state index contributed by atoms with van der Waals surface area (Å²) in [6, 6.07) is 4.39. The molecule has 2 N–H and O–H groups in total. The molecule has 0 spiro atoms. The number of rotatable bonds is 5. The van der Waals surface area contributed by atoms with Crippen molar-refractivity contribution in [3.05, 3.63) is 29.8 Å². The Labute approximate surface area is 99.1 Å². The lowest BCUT2D eigenvalue weighted by atomic mass is 10.2. The number of benzene rings is 1. The maximum Gasteiger partial charge on any atom is 0.446 e. The zero-order valence-corrected chi connectivity index (χ0v) is 9.85. The molecule has 1 aromatic rings. The number of ether oxygens (including phenoxy) is 1. The van der Waals surface area contributed by atoms with E-state index in [1.165, 1.54) is 25.3 Å². The van der Waals surface area contributed by atoms with Crippen LogP contribution < -0.4 is 8.92 Å². The first-order valence-electron chi connectivity index (χ1n) is 4.58. The minimum Gasteiger partial charge on any atom is -0.493 e. The van der Waals surface area contributed by atoms with Crippen LogP contribution in [0.4, 0.5) is 0 Å². The second kappa shape index (κ2) is 5.67. The summed E-state index contributed by atoms with van der Waals surface area (Å²) >= 11 is 0. The highest BCUT2D eigenvalue weighted by Gasteiger charge is 2.12. The number of aliphatic hydroxyl groups is 1. The normalized spacial score (nSPS) is 11.7. The molecule has 1 rings (SSSR count). The molecule has 0 aliphatic carbocycles. The van der Waals surface area contributed by atoms with Crippen molar-refractivity contribution >= 4 is 16.5 Å². The third-order valence-electron chi connectivity index (χ3n) is 1.80. The third kappa shape index (κ3) is 4.43. The van der Waals surface area contributed by atoms with Gasteiger partial charge in [-0.2, -0.15) is 8.42 Å². The fourth-order valence-electron chi connectivity index (χ4n) is 1.16. The van der Waals surface area contributed by atoms with Crippen LogP contribution in [0.5, 0.6) is 11.5 Å². The van der Waals surface area contributed by atoms with Gasteiger partial charge in [0.1, 0.15) is 0 Å². The molecular formula is C10H12O6S. The monoisotopic (exact) mass is 260 g/mol. The van der Waals surface area contributed by atoms with E-state index in [0.29, 0.717) is 5.56 Å². The molecular weight excluding hydrogens is 248 g/mol. The molecule has 1 aromatic carbocycles. The van der Waals surface area contributed by atoms with E-state index in [1.807, 2.05) is 0 Å². The van der Waals surface area contributed by atoms with Crippen LogP contribution in [0.3, 0.4) is 0 Å². The second-order valence-electron chi connectivity index (χ2n) is 3.01. The second-order valence-corrected chi connectivity index (χ2v) is 4.03. The lowest BCUT2D eigenvalue weighted by Gasteiger charge is -2.08. The summed E-state index contributed by atoms with van der Waals surface area (Å²) in [5.41, 5.74) is 0.693. The Morgan fingerprint density at radius 3 is 2.59 bits per heavy atom. The first-order valence-corrected chi connectivity index (χ1v) is 5.95. The number of aliphatic hydroxyl groups excluding tert-OH is 1. The zero-order valence-electron chi connectivity index (χ0n) is 9.03. The van der Waals surface area contributed by atoms with Gasteiger partial charge in [-0.25, -0.2) is 0 Å². The molecule has 0 aromatic heterocycles. The van der Waals surface area contributed by atoms with Crippen LogP contribution in [-0.4, -0.2) is 31.8 Å². The van der Waals surface area contributed by atoms with Gasteiger partial charge in [-0.05, 0) is 17.7 Å². The van der Waals surface area contributed by atoms with E-state index < -0.39 is 10.4 Å². The largest absolute Gasteiger partial charge is 0.493 e. The molecule has 0 saturated heterocycles. The lowest BCUT2D eigenvalue weighted by molar-refractivity contribution is 0.343. The average molecular weight is 260 g/mol. The van der Waals surface area contributed by atoms with Crippen LogP contribution in [0.2, 0.25) is 0 Å². The van der Waals surface area contributed by atoms with Gasteiger partial charge in [-0.1, -0.05) is 18.2 Å². The SMILES string of the molecule is COc1cc(/C=C/CO)ccc1OS(=O)(=O)O. The third-order valence-corrected chi connectivity index (χ3v) is 2.19. The molecule has 0 amide bonds. The average Bonchev–Trinajstić information content (AvgIpc) is 2.25. The molecule has 17 heavy (non-hydrogen) atoms. The fourth-order valence-corrected chi connectivity index (χ4v) is 1.52. The van der Waals surface area contributed by atoms with Crippen LogP contribution in [-0.2, 0) is 10.4 Å². The molecule has 0 unspecified atom stereocenters. The van der Waals surface area contributed by atoms with Crippen LogP contribution in [0.15, 0.2) is 24.3 Å². The Morgan fingerprint density at radius 2 is 2.06 bits per heavy atom. The van der Waals surface area contributed by atoms with Crippen molar-refractivity contribution in [1.29, 1.82) is 0 Å². The molecule has 0 aliphatic heterocycles. The van der Waals surface area contributed by atoms with Crippen molar-refractivity contribution in [2.45, 2.75) is 0 Å². The van der Waals surface area contributed by atoms with Crippen molar-refractivity contribution in [3.63, 3.8) is 0 Å². The zero-order chi connectivity index (χ0) is 12.9. The van der Waals surface area contributed by atoms with E-state index in [2.05, 4.69) is 4.18 Å². The Hall–Kier alpha value is -1.57. The van der Waals surface area contributed by atoms with Crippen molar-refractivity contribution in [2.24, 2.45) is 0 Å². The van der Waals surface area contributed by atoms with Crippen molar-refractivity contribution in [2.75, 3.05) is 13.7 Å². The number of hydrogen-bond donors (Lipinski definition) is 2. The Kier molecular flexibility index (Phi) is 4.50. The molecule has 7 heteroatoms. The van der Waals surface area contributed by atoms with Crippen LogP contribution in [0.25, 0.3) is 6.08 Å². The Morgan fingerprint density at radius 1 is 1.35 bits per heavy atom. The van der Waals surface area contributed by atoms with E-state index in [0.717, 1.165) is 0 Å². The van der Waals surface area contributed by atoms with Crippen molar-refractivity contribution in [1.82, 2.24) is 0 Å². The highest BCUT2D eigenvalue weighted by molar-refractivity contribution is 7.81. The van der Waals surface area contributed by atoms with Crippen LogP contribution in [0, 0.1) is 0 Å². The highest BCUT2D eigenvalue weighted by atomic mass is 32.3. The summed E-state index contributed by atoms with van der Waals surface area (Å²) in [6.45, 7) is -0.106. The lowest BCUT2D eigenvalue weighted by Crippen LogP contribution is -2.07. The summed E-state index contributed by atoms with van der Waals surface area (Å²) < 4.78 is 38.9. The smallest absolute Gasteiger partial charge is 0.446 e. The molecule has 0 saturated carbocycles. The maximum atomic E-state index is 10.6. The van der Waals surface area contributed by atoms with Crippen LogP contribution in [0.1, 0.15) is 5.56 Å². The molecule has 6 nitrogen and oxygen atoms in total. The van der Waals surface area contributed by atoms with Gasteiger partial charge in [0.15, 0.2) is 11.5 Å². The van der Waals surface area contributed by atoms with Gasteiger partial charge in [0.2, 0.25) is 0 Å². The molecule has 0 fully saturated rings. The Bertz CT molecular complexity index is 506. The summed E-state index contributed by atoms with van der Waals surface area (Å²) in [7, 11) is -3.24. The van der Waals surface area contributed by atoms with E-state index in [1.54, 1.807) is 12.1 Å². The standard InChI is InChI=1S/C10H12O6S/c1-15-10-7-8(3-2-6-11)4-5-9(10)16-17(12,13)14/h2-5,7,11H,6H2,1H3,(H,12,13,14)/b3-2+. The van der Waals surface area contributed by atoms with E-state index in [4.69, 9.17) is 14.4 Å². The summed E-state index contributed by atoms with van der Waals surface area (Å²) in [4.78, 5) is 0. The molecule has 0 heterocycles. The maximum absolute atomic E-state index is 10.6. The van der Waals surface area contributed by atoms with E-state index in [9.17, 15) is 8.42 Å². The van der Waals surface area contributed by atoms with Gasteiger partial charge in [-0.15, -0.1) is 0 Å². The summed E-state index contributed by atoms with van der Waals surface area (Å²) in [5, 5.41) is 8.61. The number of methoxy groups -OCH3 is 1. The van der Waals surface area contributed by atoms with Gasteiger partial charge in [-0.3, -0.25) is 4.55 Å². The van der Waals surface area contributed by atoms with Gasteiger partial charge in [0.05, 0.1) is 13.7 Å². The van der Waals surface area contributed by atoms with Crippen molar-refractivity contribution < 1.29 is 27.0 Å². The minimum atomic E-state index is -4.58. The quantitative estimate of drug-likeness (QED) is 0.763. The summed E-state index contributed by atoms with van der Waals surface area (Å²) in [6.07, 6.45) is 3.14. The first-order chi connectivity index (χ1) is 7.96. The molecule has 0 aliphatic rings. The fraction of sp³-hybridized carbons (Fsp3) is 0.200. The molecule has 0 atom stereocenters. The molecule has 94 valence electrons. The van der Waals surface area contributed by atoms with Gasteiger partial charge >= 0.3 is 10.4 Å². The van der Waals surface area contributed by atoms with E-state index in [-0.39, 0.29) is 18.1 Å².